The van der Waals surface area contributed by atoms with E-state index in [0.717, 1.165) is 12.1 Å². The van der Waals surface area contributed by atoms with Gasteiger partial charge in [-0.1, -0.05) is 12.1 Å². The van der Waals surface area contributed by atoms with Crippen molar-refractivity contribution >= 4 is 19.3 Å². The molecule has 5 atom stereocenters. The molecule has 1 aromatic carbocycles. The van der Waals surface area contributed by atoms with Gasteiger partial charge in [0.2, 0.25) is 0 Å². The Kier molecular flexibility index (Phi) is 8.15. The van der Waals surface area contributed by atoms with Crippen molar-refractivity contribution in [2.75, 3.05) is 11.5 Å². The lowest BCUT2D eigenvalue weighted by molar-refractivity contribution is -0.279. The zero-order chi connectivity index (χ0) is 23.6. The highest BCUT2D eigenvalue weighted by molar-refractivity contribution is 7.51. The summed E-state index contributed by atoms with van der Waals surface area (Å²) in [7, 11) is -4.50. The van der Waals surface area contributed by atoms with Crippen molar-refractivity contribution in [3.05, 3.63) is 29.8 Å². The summed E-state index contributed by atoms with van der Waals surface area (Å²) in [6.45, 7) is 3.49. The number of alkyl halides is 2. The first kappa shape index (κ1) is 25.6. The molecule has 2 rings (SSSR count). The number of amides is 2. The Balaban J connectivity index is 2.18. The molecule has 1 saturated heterocycles. The van der Waals surface area contributed by atoms with Crippen molar-refractivity contribution in [2.45, 2.75) is 62.8 Å². The van der Waals surface area contributed by atoms with Crippen molar-refractivity contribution in [2.24, 2.45) is 0 Å². The van der Waals surface area contributed by atoms with Crippen LogP contribution in [0.1, 0.15) is 25.8 Å². The maximum Gasteiger partial charge on any atom is 0.325 e. The van der Waals surface area contributed by atoms with Gasteiger partial charge in [-0.2, -0.15) is 8.78 Å². The quantitative estimate of drug-likeness (QED) is 0.287. The molecule has 0 spiro atoms. The molecular weight excluding hydrogens is 441 g/mol. The lowest BCUT2D eigenvalue weighted by Gasteiger charge is -2.43. The molecule has 1 fully saturated rings. The molecule has 1 aliphatic rings. The van der Waals surface area contributed by atoms with Crippen LogP contribution in [0.2, 0.25) is 0 Å². The van der Waals surface area contributed by atoms with Gasteiger partial charge in [-0.15, -0.1) is 0 Å². The number of ether oxygens (including phenoxy) is 1. The van der Waals surface area contributed by atoms with Crippen molar-refractivity contribution < 1.29 is 48.0 Å². The van der Waals surface area contributed by atoms with E-state index in [2.05, 4.69) is 10.6 Å². The molecule has 0 bridgehead atoms. The second-order valence-electron chi connectivity index (χ2n) is 7.70. The third kappa shape index (κ3) is 6.66. The summed E-state index contributed by atoms with van der Waals surface area (Å²) in [6, 6.07) is 3.79. The zero-order valence-electron chi connectivity index (χ0n) is 16.9. The molecule has 0 aromatic heterocycles. The van der Waals surface area contributed by atoms with Gasteiger partial charge in [0.1, 0.15) is 18.3 Å². The normalized spacial score (nSPS) is 27.2. The van der Waals surface area contributed by atoms with Crippen molar-refractivity contribution in [3.8, 4) is 0 Å². The number of benzene rings is 1. The standard InChI is InChI=1S/C18H27F2N2O8P/c1-9(2)21-17(26)22-11-5-3-10(4-6-11)18(19,20)16-15(25)14(24)13(23)12(30-16)7-8-31(27,28)29/h3-6,9,12-16,23-25H,7-8H2,1-2H3,(H2,21,22,26)(H2,27,28,29)/t12-,13-,14+,15+,16-/m1/s1. The highest BCUT2D eigenvalue weighted by atomic mass is 31.2. The lowest BCUT2D eigenvalue weighted by atomic mass is 9.88. The van der Waals surface area contributed by atoms with Gasteiger partial charge >= 0.3 is 19.5 Å². The van der Waals surface area contributed by atoms with Gasteiger partial charge in [-0.05, 0) is 32.4 Å². The second-order valence-corrected chi connectivity index (χ2v) is 9.47. The molecule has 176 valence electrons. The van der Waals surface area contributed by atoms with E-state index in [-0.39, 0.29) is 11.7 Å². The van der Waals surface area contributed by atoms with Crippen molar-refractivity contribution in [1.29, 1.82) is 0 Å². The molecule has 1 aliphatic heterocycles. The Labute approximate surface area is 177 Å². The fraction of sp³-hybridized carbons (Fsp3) is 0.611. The smallest absolute Gasteiger partial charge is 0.325 e. The summed E-state index contributed by atoms with van der Waals surface area (Å²) < 4.78 is 46.3. The van der Waals surface area contributed by atoms with E-state index in [1.54, 1.807) is 13.8 Å². The van der Waals surface area contributed by atoms with Crippen LogP contribution < -0.4 is 10.6 Å². The number of nitrogens with one attached hydrogen (secondary N) is 2. The minimum atomic E-state index is -4.50. The minimum Gasteiger partial charge on any atom is -0.388 e. The largest absolute Gasteiger partial charge is 0.388 e. The van der Waals surface area contributed by atoms with Crippen LogP contribution in [-0.2, 0) is 15.2 Å². The summed E-state index contributed by atoms with van der Waals surface area (Å²) in [5, 5.41) is 35.1. The first-order valence-electron chi connectivity index (χ1n) is 9.52. The molecule has 0 radical (unpaired) electrons. The van der Waals surface area contributed by atoms with Crippen LogP contribution in [0.15, 0.2) is 24.3 Å². The summed E-state index contributed by atoms with van der Waals surface area (Å²) >= 11 is 0. The van der Waals surface area contributed by atoms with Crippen LogP contribution in [-0.4, -0.2) is 73.9 Å². The van der Waals surface area contributed by atoms with Gasteiger partial charge < -0.3 is 40.5 Å². The first-order valence-corrected chi connectivity index (χ1v) is 11.3. The Morgan fingerprint density at radius 1 is 1.13 bits per heavy atom. The van der Waals surface area contributed by atoms with E-state index in [1.165, 1.54) is 12.1 Å². The highest BCUT2D eigenvalue weighted by Crippen LogP contribution is 2.42. The Morgan fingerprint density at radius 2 is 1.71 bits per heavy atom. The summed E-state index contributed by atoms with van der Waals surface area (Å²) in [5.74, 6) is -3.83. The average Bonchev–Trinajstić information content (AvgIpc) is 2.64. The number of hydrogen-bond acceptors (Lipinski definition) is 6. The number of anilines is 1. The molecular formula is C18H27F2N2O8P. The topological polar surface area (TPSA) is 169 Å². The van der Waals surface area contributed by atoms with Gasteiger partial charge in [0.15, 0.2) is 6.10 Å². The minimum absolute atomic E-state index is 0.131. The monoisotopic (exact) mass is 468 g/mol. The molecule has 1 aromatic rings. The number of halogens is 2. The molecule has 0 aliphatic carbocycles. The zero-order valence-corrected chi connectivity index (χ0v) is 17.7. The van der Waals surface area contributed by atoms with Gasteiger partial charge in [0.25, 0.3) is 0 Å². The molecule has 1 heterocycles. The number of aliphatic hydroxyl groups is 3. The van der Waals surface area contributed by atoms with Crippen LogP contribution in [0.3, 0.4) is 0 Å². The number of carbonyl (C=O) groups is 1. The van der Waals surface area contributed by atoms with E-state index in [9.17, 15) is 24.7 Å². The van der Waals surface area contributed by atoms with E-state index < -0.39 is 68.2 Å². The van der Waals surface area contributed by atoms with Crippen molar-refractivity contribution in [3.63, 3.8) is 0 Å². The van der Waals surface area contributed by atoms with E-state index in [1.807, 2.05) is 0 Å². The molecule has 0 unspecified atom stereocenters. The average molecular weight is 468 g/mol. The van der Waals surface area contributed by atoms with Gasteiger partial charge in [-0.25, -0.2) is 4.79 Å². The Hall–Kier alpha value is -1.66. The first-order chi connectivity index (χ1) is 14.2. The predicted octanol–water partition coefficient (Wildman–Crippen LogP) is 0.726. The number of aliphatic hydroxyl groups excluding tert-OH is 3. The molecule has 10 nitrogen and oxygen atoms in total. The fourth-order valence-corrected chi connectivity index (χ4v) is 3.74. The number of hydrogen-bond donors (Lipinski definition) is 7. The van der Waals surface area contributed by atoms with E-state index in [4.69, 9.17) is 14.5 Å². The highest BCUT2D eigenvalue weighted by Gasteiger charge is 2.55. The molecule has 0 saturated carbocycles. The fourth-order valence-electron chi connectivity index (χ4n) is 3.15. The van der Waals surface area contributed by atoms with E-state index >= 15 is 8.78 Å². The van der Waals surface area contributed by atoms with Gasteiger partial charge in [-0.3, -0.25) is 4.57 Å². The van der Waals surface area contributed by atoms with Gasteiger partial charge in [0.05, 0.1) is 12.3 Å². The summed E-state index contributed by atoms with van der Waals surface area (Å²) in [4.78, 5) is 29.6. The van der Waals surface area contributed by atoms with Crippen LogP contribution in [0.25, 0.3) is 0 Å². The Morgan fingerprint density at radius 3 is 2.23 bits per heavy atom. The van der Waals surface area contributed by atoms with Crippen LogP contribution in [0, 0.1) is 0 Å². The second kappa shape index (κ2) is 9.86. The molecule has 7 N–H and O–H groups in total. The third-order valence-electron chi connectivity index (χ3n) is 4.72. The Bertz CT molecular complexity index is 804. The number of carbonyl (C=O) groups excluding carboxylic acids is 1. The molecule has 13 heteroatoms. The molecule has 2 amide bonds. The van der Waals surface area contributed by atoms with Crippen LogP contribution in [0.5, 0.6) is 0 Å². The predicted molar refractivity (Wildman–Crippen MR) is 106 cm³/mol. The maximum absolute atomic E-state index is 15.1. The number of urea groups is 1. The van der Waals surface area contributed by atoms with Crippen LogP contribution in [0.4, 0.5) is 19.3 Å². The summed E-state index contributed by atoms with van der Waals surface area (Å²) in [5.41, 5.74) is -0.360. The third-order valence-corrected chi connectivity index (χ3v) is 5.56. The summed E-state index contributed by atoms with van der Waals surface area (Å²) in [6.07, 6.45) is -11.0. The number of rotatable bonds is 7. The van der Waals surface area contributed by atoms with Gasteiger partial charge in [0, 0.05) is 17.3 Å². The van der Waals surface area contributed by atoms with E-state index in [0.29, 0.717) is 0 Å². The SMILES string of the molecule is CC(C)NC(=O)Nc1ccc(C(F)(F)[C@@H]2O[C@H](CCP(=O)(O)O)[C@@H](O)[C@H](O)[C@@H]2O)cc1. The molecule has 31 heavy (non-hydrogen) atoms. The van der Waals surface area contributed by atoms with Crippen molar-refractivity contribution in [1.82, 2.24) is 5.32 Å². The van der Waals surface area contributed by atoms with Crippen LogP contribution >= 0.6 is 7.60 Å². The lowest BCUT2D eigenvalue weighted by Crippen LogP contribution is -2.61. The maximum atomic E-state index is 15.1.